The molecule has 0 aliphatic heterocycles. The summed E-state index contributed by atoms with van der Waals surface area (Å²) in [4.78, 5) is 11.6. The molecule has 1 amide bonds. The molecule has 3 N–H and O–H groups in total. The summed E-state index contributed by atoms with van der Waals surface area (Å²) in [5.74, 6) is -0.0823. The number of amides is 1. The van der Waals surface area contributed by atoms with E-state index in [2.05, 4.69) is 5.32 Å². The molecule has 0 fully saturated rings. The summed E-state index contributed by atoms with van der Waals surface area (Å²) in [6.07, 6.45) is 0.317. The third kappa shape index (κ3) is 7.00. The number of methoxy groups -OCH3 is 1. The number of benzene rings is 1. The highest BCUT2D eigenvalue weighted by Crippen LogP contribution is 2.18. The van der Waals surface area contributed by atoms with Gasteiger partial charge < -0.3 is 20.5 Å². The molecule has 19 heavy (non-hydrogen) atoms. The Morgan fingerprint density at radius 3 is 2.74 bits per heavy atom. The first kappa shape index (κ1) is 17.7. The molecule has 0 heterocycles. The molecule has 0 bridgehead atoms. The van der Waals surface area contributed by atoms with Crippen LogP contribution >= 0.6 is 12.4 Å². The van der Waals surface area contributed by atoms with Crippen molar-refractivity contribution in [2.24, 2.45) is 0 Å². The number of rotatable bonds is 7. The van der Waals surface area contributed by atoms with E-state index in [0.717, 1.165) is 11.3 Å². The molecule has 0 aliphatic rings. The van der Waals surface area contributed by atoms with Crippen molar-refractivity contribution in [2.45, 2.75) is 13.3 Å². The van der Waals surface area contributed by atoms with Gasteiger partial charge in [0.15, 0.2) is 0 Å². The molecule has 0 atom stereocenters. The van der Waals surface area contributed by atoms with E-state index in [4.69, 9.17) is 15.2 Å². The Bertz CT molecular complexity index is 399. The minimum atomic E-state index is -0.0823. The summed E-state index contributed by atoms with van der Waals surface area (Å²) >= 11 is 0. The van der Waals surface area contributed by atoms with Crippen LogP contribution < -0.4 is 11.1 Å². The summed E-state index contributed by atoms with van der Waals surface area (Å²) in [6.45, 7) is 3.34. The fourth-order valence-corrected chi connectivity index (χ4v) is 1.40. The first-order chi connectivity index (χ1) is 8.63. The Balaban J connectivity index is 0.00000324. The van der Waals surface area contributed by atoms with Crippen LogP contribution in [0.2, 0.25) is 0 Å². The highest BCUT2D eigenvalue weighted by Gasteiger charge is 2.05. The fraction of sp³-hybridized carbons (Fsp3) is 0.462. The number of nitrogens with one attached hydrogen (secondary N) is 1. The minimum absolute atomic E-state index is 0. The highest BCUT2D eigenvalue weighted by molar-refractivity contribution is 5.92. The predicted molar refractivity (Wildman–Crippen MR) is 78.8 cm³/mol. The van der Waals surface area contributed by atoms with Crippen molar-refractivity contribution in [1.29, 1.82) is 0 Å². The maximum absolute atomic E-state index is 11.6. The molecule has 6 heteroatoms. The van der Waals surface area contributed by atoms with Crippen LogP contribution in [-0.4, -0.2) is 32.8 Å². The van der Waals surface area contributed by atoms with Crippen LogP contribution in [0.1, 0.15) is 12.0 Å². The lowest BCUT2D eigenvalue weighted by atomic mass is 10.2. The van der Waals surface area contributed by atoms with Gasteiger partial charge in [0.2, 0.25) is 5.91 Å². The number of hydrogen-bond acceptors (Lipinski definition) is 4. The molecule has 108 valence electrons. The van der Waals surface area contributed by atoms with Crippen molar-refractivity contribution in [2.75, 3.05) is 38.0 Å². The summed E-state index contributed by atoms with van der Waals surface area (Å²) in [5, 5.41) is 2.81. The first-order valence-corrected chi connectivity index (χ1v) is 5.86. The Morgan fingerprint density at radius 1 is 1.32 bits per heavy atom. The van der Waals surface area contributed by atoms with E-state index < -0.39 is 0 Å². The molecule has 1 aromatic carbocycles. The van der Waals surface area contributed by atoms with Crippen molar-refractivity contribution >= 4 is 29.7 Å². The van der Waals surface area contributed by atoms with E-state index in [1.165, 1.54) is 0 Å². The van der Waals surface area contributed by atoms with E-state index in [1.54, 1.807) is 19.2 Å². The lowest BCUT2D eigenvalue weighted by Gasteiger charge is -2.09. The number of hydrogen-bond donors (Lipinski definition) is 2. The van der Waals surface area contributed by atoms with Gasteiger partial charge in [-0.15, -0.1) is 12.4 Å². The monoisotopic (exact) mass is 288 g/mol. The number of aryl methyl sites for hydroxylation is 1. The zero-order chi connectivity index (χ0) is 13.4. The molecule has 1 rings (SSSR count). The maximum atomic E-state index is 11.6. The molecule has 0 saturated heterocycles. The Kier molecular flexibility index (Phi) is 8.95. The highest BCUT2D eigenvalue weighted by atomic mass is 35.5. The van der Waals surface area contributed by atoms with Gasteiger partial charge in [0.1, 0.15) is 0 Å². The van der Waals surface area contributed by atoms with Crippen molar-refractivity contribution in [3.8, 4) is 0 Å². The molecule has 0 spiro atoms. The molecule has 0 aliphatic carbocycles. The van der Waals surface area contributed by atoms with Gasteiger partial charge in [0.05, 0.1) is 26.2 Å². The van der Waals surface area contributed by atoms with Gasteiger partial charge in [-0.2, -0.15) is 0 Å². The van der Waals surface area contributed by atoms with Gasteiger partial charge >= 0.3 is 0 Å². The van der Waals surface area contributed by atoms with Crippen LogP contribution in [0.4, 0.5) is 11.4 Å². The zero-order valence-electron chi connectivity index (χ0n) is 11.3. The first-order valence-electron chi connectivity index (χ1n) is 5.86. The number of carbonyl (C=O) groups excluding carboxylic acids is 1. The van der Waals surface area contributed by atoms with Crippen molar-refractivity contribution < 1.29 is 14.3 Å². The predicted octanol–water partition coefficient (Wildman–Crippen LogP) is 1.99. The van der Waals surface area contributed by atoms with Gasteiger partial charge in [-0.25, -0.2) is 0 Å². The molecular weight excluding hydrogens is 268 g/mol. The van der Waals surface area contributed by atoms with Gasteiger partial charge in [-0.3, -0.25) is 4.79 Å². The van der Waals surface area contributed by atoms with Crippen molar-refractivity contribution in [3.05, 3.63) is 23.8 Å². The standard InChI is InChI=1S/C13H20N2O3.ClH/c1-10-3-4-11(14)9-12(10)15-13(16)5-6-18-8-7-17-2;/h3-4,9H,5-8,14H2,1-2H3,(H,15,16);1H. The molecule has 0 radical (unpaired) electrons. The van der Waals surface area contributed by atoms with E-state index in [-0.39, 0.29) is 18.3 Å². The molecule has 0 saturated carbocycles. The van der Waals surface area contributed by atoms with E-state index in [9.17, 15) is 4.79 Å². The fourth-order valence-electron chi connectivity index (χ4n) is 1.40. The second-order valence-electron chi connectivity index (χ2n) is 3.98. The molecular formula is C13H21ClN2O3. The van der Waals surface area contributed by atoms with Gasteiger partial charge in [-0.05, 0) is 24.6 Å². The number of anilines is 2. The summed E-state index contributed by atoms with van der Waals surface area (Å²) in [5.41, 5.74) is 8.03. The Hall–Kier alpha value is -1.30. The number of carbonyl (C=O) groups is 1. The average Bonchev–Trinajstić information content (AvgIpc) is 2.33. The smallest absolute Gasteiger partial charge is 0.226 e. The molecule has 0 aromatic heterocycles. The normalized spacial score (nSPS) is 9.79. The van der Waals surface area contributed by atoms with Crippen molar-refractivity contribution in [3.63, 3.8) is 0 Å². The summed E-state index contributed by atoms with van der Waals surface area (Å²) in [6, 6.07) is 5.43. The summed E-state index contributed by atoms with van der Waals surface area (Å²) in [7, 11) is 1.61. The van der Waals surface area contributed by atoms with E-state index in [0.29, 0.717) is 31.9 Å². The lowest BCUT2D eigenvalue weighted by Crippen LogP contribution is -2.15. The molecule has 5 nitrogen and oxygen atoms in total. The number of ether oxygens (including phenoxy) is 2. The lowest BCUT2D eigenvalue weighted by molar-refractivity contribution is -0.117. The number of halogens is 1. The topological polar surface area (TPSA) is 73.6 Å². The van der Waals surface area contributed by atoms with E-state index >= 15 is 0 Å². The van der Waals surface area contributed by atoms with Crippen LogP contribution in [-0.2, 0) is 14.3 Å². The summed E-state index contributed by atoms with van der Waals surface area (Å²) < 4.78 is 10.1. The SMILES string of the molecule is COCCOCCC(=O)Nc1cc(N)ccc1C.Cl. The third-order valence-electron chi connectivity index (χ3n) is 2.44. The number of nitrogens with two attached hydrogens (primary N) is 1. The molecule has 0 unspecified atom stereocenters. The van der Waals surface area contributed by atoms with Crippen LogP contribution in [0.3, 0.4) is 0 Å². The van der Waals surface area contributed by atoms with E-state index in [1.807, 2.05) is 13.0 Å². The Labute approximate surface area is 119 Å². The Morgan fingerprint density at radius 2 is 2.05 bits per heavy atom. The zero-order valence-corrected chi connectivity index (χ0v) is 12.1. The second-order valence-corrected chi connectivity index (χ2v) is 3.98. The second kappa shape index (κ2) is 9.61. The van der Waals surface area contributed by atoms with Crippen LogP contribution in [0.25, 0.3) is 0 Å². The van der Waals surface area contributed by atoms with Gasteiger partial charge in [0.25, 0.3) is 0 Å². The van der Waals surface area contributed by atoms with Crippen LogP contribution in [0, 0.1) is 6.92 Å². The largest absolute Gasteiger partial charge is 0.399 e. The average molecular weight is 289 g/mol. The van der Waals surface area contributed by atoms with Gasteiger partial charge in [0, 0.05) is 18.5 Å². The van der Waals surface area contributed by atoms with Crippen LogP contribution in [0.5, 0.6) is 0 Å². The van der Waals surface area contributed by atoms with Crippen molar-refractivity contribution in [1.82, 2.24) is 0 Å². The molecule has 1 aromatic rings. The van der Waals surface area contributed by atoms with Gasteiger partial charge in [-0.1, -0.05) is 6.07 Å². The van der Waals surface area contributed by atoms with Crippen LogP contribution in [0.15, 0.2) is 18.2 Å². The number of nitrogen functional groups attached to an aromatic ring is 1. The minimum Gasteiger partial charge on any atom is -0.399 e. The third-order valence-corrected chi connectivity index (χ3v) is 2.44. The quantitative estimate of drug-likeness (QED) is 0.594. The maximum Gasteiger partial charge on any atom is 0.226 e.